The van der Waals surface area contributed by atoms with Crippen molar-refractivity contribution in [3.05, 3.63) is 10.6 Å². The molecule has 4 nitrogen and oxygen atoms in total. The topological polar surface area (TPSA) is 51.4 Å². The molecule has 0 spiro atoms. The van der Waals surface area contributed by atoms with Crippen molar-refractivity contribution in [1.29, 1.82) is 0 Å². The molecular formula is C11H19N3OS. The van der Waals surface area contributed by atoms with Gasteiger partial charge in [0.15, 0.2) is 5.13 Å². The third kappa shape index (κ3) is 2.72. The van der Waals surface area contributed by atoms with Crippen LogP contribution in [0.4, 0.5) is 5.13 Å². The first-order valence-electron chi connectivity index (χ1n) is 5.63. The van der Waals surface area contributed by atoms with Crippen LogP contribution in [0.5, 0.6) is 0 Å². The van der Waals surface area contributed by atoms with Gasteiger partial charge in [-0.1, -0.05) is 0 Å². The van der Waals surface area contributed by atoms with E-state index >= 15 is 0 Å². The van der Waals surface area contributed by atoms with Crippen molar-refractivity contribution in [1.82, 2.24) is 4.98 Å². The smallest absolute Gasteiger partial charge is 0.185 e. The van der Waals surface area contributed by atoms with E-state index < -0.39 is 0 Å². The van der Waals surface area contributed by atoms with Crippen LogP contribution in [-0.2, 0) is 17.9 Å². The standard InChI is InChI=1S/C11H19N3OS/c1-14(6-8-3-4-8)11-13-9(7-15-2)10(5-12)16-11/h8H,3-7,12H2,1-2H3. The SMILES string of the molecule is COCc1nc(N(C)CC2CC2)sc1CN. The number of methoxy groups -OCH3 is 1. The Balaban J connectivity index is 2.07. The summed E-state index contributed by atoms with van der Waals surface area (Å²) in [5.74, 6) is 0.876. The molecule has 1 saturated carbocycles. The van der Waals surface area contributed by atoms with Crippen LogP contribution in [0.1, 0.15) is 23.4 Å². The number of hydrogen-bond donors (Lipinski definition) is 1. The molecule has 1 aromatic heterocycles. The molecule has 0 aliphatic heterocycles. The maximum Gasteiger partial charge on any atom is 0.185 e. The van der Waals surface area contributed by atoms with E-state index in [0.717, 1.165) is 28.2 Å². The maximum atomic E-state index is 5.70. The molecule has 2 rings (SSSR count). The van der Waals surface area contributed by atoms with Gasteiger partial charge in [0, 0.05) is 32.1 Å². The summed E-state index contributed by atoms with van der Waals surface area (Å²) < 4.78 is 5.13. The Labute approximate surface area is 100 Å². The van der Waals surface area contributed by atoms with Crippen molar-refractivity contribution in [2.45, 2.75) is 26.0 Å². The number of anilines is 1. The summed E-state index contributed by atoms with van der Waals surface area (Å²) in [5.41, 5.74) is 6.70. The summed E-state index contributed by atoms with van der Waals surface area (Å²) in [6.07, 6.45) is 2.73. The van der Waals surface area contributed by atoms with E-state index in [9.17, 15) is 0 Å². The highest BCUT2D eigenvalue weighted by molar-refractivity contribution is 7.15. The lowest BCUT2D eigenvalue weighted by molar-refractivity contribution is 0.181. The number of ether oxygens (including phenoxy) is 1. The zero-order valence-corrected chi connectivity index (χ0v) is 10.7. The van der Waals surface area contributed by atoms with Crippen molar-refractivity contribution in [3.63, 3.8) is 0 Å². The number of rotatable bonds is 6. The van der Waals surface area contributed by atoms with E-state index in [0.29, 0.717) is 13.2 Å². The van der Waals surface area contributed by atoms with Gasteiger partial charge >= 0.3 is 0 Å². The molecule has 0 amide bonds. The molecule has 5 heteroatoms. The molecule has 1 heterocycles. The van der Waals surface area contributed by atoms with E-state index in [1.54, 1.807) is 18.4 Å². The van der Waals surface area contributed by atoms with Crippen molar-refractivity contribution in [2.24, 2.45) is 11.7 Å². The van der Waals surface area contributed by atoms with Crippen LogP contribution in [0.3, 0.4) is 0 Å². The van der Waals surface area contributed by atoms with Gasteiger partial charge in [-0.3, -0.25) is 0 Å². The second-order valence-electron chi connectivity index (χ2n) is 4.33. The molecule has 0 aromatic carbocycles. The Bertz CT molecular complexity index is 349. The van der Waals surface area contributed by atoms with Gasteiger partial charge < -0.3 is 15.4 Å². The predicted molar refractivity (Wildman–Crippen MR) is 66.7 cm³/mol. The van der Waals surface area contributed by atoms with Crippen LogP contribution >= 0.6 is 11.3 Å². The van der Waals surface area contributed by atoms with Gasteiger partial charge in [0.1, 0.15) is 0 Å². The molecule has 1 aliphatic rings. The van der Waals surface area contributed by atoms with Crippen molar-refractivity contribution >= 4 is 16.5 Å². The molecule has 0 unspecified atom stereocenters. The van der Waals surface area contributed by atoms with Gasteiger partial charge in [0.05, 0.1) is 12.3 Å². The molecule has 0 radical (unpaired) electrons. The third-order valence-corrected chi connectivity index (χ3v) is 4.02. The van der Waals surface area contributed by atoms with Crippen molar-refractivity contribution in [3.8, 4) is 0 Å². The fourth-order valence-corrected chi connectivity index (χ4v) is 2.62. The zero-order valence-electron chi connectivity index (χ0n) is 9.90. The molecule has 0 atom stereocenters. The fraction of sp³-hybridized carbons (Fsp3) is 0.727. The first kappa shape index (κ1) is 11.8. The molecule has 0 saturated heterocycles. The lowest BCUT2D eigenvalue weighted by Gasteiger charge is -2.14. The Kier molecular flexibility index (Phi) is 3.78. The number of nitrogens with two attached hydrogens (primary N) is 1. The minimum atomic E-state index is 0.549. The lowest BCUT2D eigenvalue weighted by Crippen LogP contribution is -2.19. The average molecular weight is 241 g/mol. The molecule has 1 aliphatic carbocycles. The van der Waals surface area contributed by atoms with E-state index in [1.807, 2.05) is 0 Å². The molecule has 1 fully saturated rings. The van der Waals surface area contributed by atoms with Crippen molar-refractivity contribution in [2.75, 3.05) is 25.6 Å². The number of nitrogens with zero attached hydrogens (tertiary/aromatic N) is 2. The van der Waals surface area contributed by atoms with Crippen LogP contribution in [0.2, 0.25) is 0 Å². The first-order valence-corrected chi connectivity index (χ1v) is 6.45. The number of thiazole rings is 1. The summed E-state index contributed by atoms with van der Waals surface area (Å²) in [6.45, 7) is 2.22. The molecule has 16 heavy (non-hydrogen) atoms. The van der Waals surface area contributed by atoms with Gasteiger partial charge in [-0.15, -0.1) is 11.3 Å². The molecule has 0 bridgehead atoms. The molecule has 2 N–H and O–H groups in total. The Morgan fingerprint density at radius 3 is 2.88 bits per heavy atom. The zero-order chi connectivity index (χ0) is 11.5. The summed E-state index contributed by atoms with van der Waals surface area (Å²) in [4.78, 5) is 7.97. The van der Waals surface area contributed by atoms with Gasteiger partial charge in [0.25, 0.3) is 0 Å². The summed E-state index contributed by atoms with van der Waals surface area (Å²) in [5, 5.41) is 1.07. The van der Waals surface area contributed by atoms with Crippen LogP contribution in [-0.4, -0.2) is 25.7 Å². The number of aromatic nitrogens is 1. The van der Waals surface area contributed by atoms with Gasteiger partial charge in [0.2, 0.25) is 0 Å². The van der Waals surface area contributed by atoms with Crippen LogP contribution < -0.4 is 10.6 Å². The molecule has 90 valence electrons. The van der Waals surface area contributed by atoms with E-state index in [4.69, 9.17) is 10.5 Å². The second-order valence-corrected chi connectivity index (χ2v) is 5.39. The summed E-state index contributed by atoms with van der Waals surface area (Å²) >= 11 is 1.69. The highest BCUT2D eigenvalue weighted by Gasteiger charge is 2.24. The Morgan fingerprint density at radius 1 is 1.56 bits per heavy atom. The minimum absolute atomic E-state index is 0.549. The summed E-state index contributed by atoms with van der Waals surface area (Å²) in [7, 11) is 3.79. The first-order chi connectivity index (χ1) is 7.74. The lowest BCUT2D eigenvalue weighted by atomic mass is 10.4. The maximum absolute atomic E-state index is 5.70. The average Bonchev–Trinajstić information content (AvgIpc) is 2.97. The highest BCUT2D eigenvalue weighted by Crippen LogP contribution is 2.33. The van der Waals surface area contributed by atoms with Crippen LogP contribution in [0.25, 0.3) is 0 Å². The monoisotopic (exact) mass is 241 g/mol. The van der Waals surface area contributed by atoms with Gasteiger partial charge in [-0.25, -0.2) is 4.98 Å². The fourth-order valence-electron chi connectivity index (χ4n) is 1.71. The Morgan fingerprint density at radius 2 is 2.31 bits per heavy atom. The predicted octanol–water partition coefficient (Wildman–Crippen LogP) is 1.59. The van der Waals surface area contributed by atoms with E-state index in [-0.39, 0.29) is 0 Å². The van der Waals surface area contributed by atoms with E-state index in [1.165, 1.54) is 12.8 Å². The third-order valence-electron chi connectivity index (χ3n) is 2.79. The normalized spacial score (nSPS) is 15.4. The minimum Gasteiger partial charge on any atom is -0.378 e. The second kappa shape index (κ2) is 5.12. The molecular weight excluding hydrogens is 222 g/mol. The summed E-state index contributed by atoms with van der Waals surface area (Å²) in [6, 6.07) is 0. The number of hydrogen-bond acceptors (Lipinski definition) is 5. The Hall–Kier alpha value is -0.650. The largest absolute Gasteiger partial charge is 0.378 e. The van der Waals surface area contributed by atoms with Crippen LogP contribution in [0.15, 0.2) is 0 Å². The van der Waals surface area contributed by atoms with Gasteiger partial charge in [-0.05, 0) is 18.8 Å². The van der Waals surface area contributed by atoms with E-state index in [2.05, 4.69) is 16.9 Å². The highest BCUT2D eigenvalue weighted by atomic mass is 32.1. The van der Waals surface area contributed by atoms with Gasteiger partial charge in [-0.2, -0.15) is 0 Å². The quantitative estimate of drug-likeness (QED) is 0.822. The van der Waals surface area contributed by atoms with Crippen LogP contribution in [0, 0.1) is 5.92 Å². The van der Waals surface area contributed by atoms with Crippen molar-refractivity contribution < 1.29 is 4.74 Å². The molecule has 1 aromatic rings.